The van der Waals surface area contributed by atoms with Gasteiger partial charge in [0.2, 0.25) is 0 Å². The molecule has 1 fully saturated rings. The second-order valence-corrected chi connectivity index (χ2v) is 6.35. The van der Waals surface area contributed by atoms with Gasteiger partial charge in [0.25, 0.3) is 5.91 Å². The predicted molar refractivity (Wildman–Crippen MR) is 88.2 cm³/mol. The van der Waals surface area contributed by atoms with Crippen molar-refractivity contribution < 1.29 is 13.9 Å². The van der Waals surface area contributed by atoms with Crippen LogP contribution < -0.4 is 5.32 Å². The van der Waals surface area contributed by atoms with Gasteiger partial charge >= 0.3 is 0 Å². The summed E-state index contributed by atoms with van der Waals surface area (Å²) in [6.07, 6.45) is 0. The fraction of sp³-hybridized carbons (Fsp3) is 0.353. The Kier molecular flexibility index (Phi) is 5.38. The van der Waals surface area contributed by atoms with Crippen LogP contribution in [-0.4, -0.2) is 43.7 Å². The Bertz CT molecular complexity index is 642. The van der Waals surface area contributed by atoms with Gasteiger partial charge in [-0.25, -0.2) is 4.39 Å². The van der Waals surface area contributed by atoms with Gasteiger partial charge in [-0.05, 0) is 23.6 Å². The third-order valence-corrected chi connectivity index (χ3v) is 4.91. The summed E-state index contributed by atoms with van der Waals surface area (Å²) >= 11 is 1.67. The number of morpholine rings is 1. The average molecular weight is 334 g/mol. The molecule has 1 aliphatic heterocycles. The SMILES string of the molecule is O=C(NC[C@H](c1cccs1)N1CCOCC1)c1ccccc1F. The van der Waals surface area contributed by atoms with Crippen LogP contribution in [0.1, 0.15) is 21.3 Å². The van der Waals surface area contributed by atoms with E-state index >= 15 is 0 Å². The molecule has 1 amide bonds. The van der Waals surface area contributed by atoms with Gasteiger partial charge in [0.15, 0.2) is 0 Å². The Labute approximate surface area is 138 Å². The lowest BCUT2D eigenvalue weighted by atomic mass is 10.1. The number of rotatable bonds is 5. The minimum atomic E-state index is -0.496. The number of carbonyl (C=O) groups is 1. The van der Waals surface area contributed by atoms with Crippen molar-refractivity contribution in [3.05, 3.63) is 58.0 Å². The van der Waals surface area contributed by atoms with E-state index in [2.05, 4.69) is 16.3 Å². The van der Waals surface area contributed by atoms with Crippen LogP contribution in [0, 0.1) is 5.82 Å². The number of thiophene rings is 1. The molecule has 1 atom stereocenters. The highest BCUT2D eigenvalue weighted by atomic mass is 32.1. The highest BCUT2D eigenvalue weighted by Gasteiger charge is 2.24. The summed E-state index contributed by atoms with van der Waals surface area (Å²) in [7, 11) is 0. The number of ether oxygens (including phenoxy) is 1. The van der Waals surface area contributed by atoms with Crippen molar-refractivity contribution in [3.63, 3.8) is 0 Å². The maximum absolute atomic E-state index is 13.7. The maximum Gasteiger partial charge on any atom is 0.254 e. The minimum absolute atomic E-state index is 0.0828. The first-order valence-corrected chi connectivity index (χ1v) is 8.51. The topological polar surface area (TPSA) is 41.6 Å². The lowest BCUT2D eigenvalue weighted by Gasteiger charge is -2.34. The highest BCUT2D eigenvalue weighted by molar-refractivity contribution is 7.10. The van der Waals surface area contributed by atoms with Crippen LogP contribution in [0.15, 0.2) is 41.8 Å². The summed E-state index contributed by atoms with van der Waals surface area (Å²) in [6, 6.07) is 10.2. The molecule has 1 aliphatic rings. The molecule has 6 heteroatoms. The normalized spacial score (nSPS) is 16.9. The summed E-state index contributed by atoms with van der Waals surface area (Å²) in [4.78, 5) is 15.7. The van der Waals surface area contributed by atoms with Crippen LogP contribution in [-0.2, 0) is 4.74 Å². The minimum Gasteiger partial charge on any atom is -0.379 e. The van der Waals surface area contributed by atoms with Gasteiger partial charge in [-0.2, -0.15) is 0 Å². The van der Waals surface area contributed by atoms with Crippen LogP contribution in [0.2, 0.25) is 0 Å². The van der Waals surface area contributed by atoms with E-state index in [9.17, 15) is 9.18 Å². The number of halogens is 1. The maximum atomic E-state index is 13.7. The molecule has 0 unspecified atom stereocenters. The summed E-state index contributed by atoms with van der Waals surface area (Å²) in [6.45, 7) is 3.51. The molecule has 2 aromatic rings. The molecule has 4 nitrogen and oxygen atoms in total. The van der Waals surface area contributed by atoms with Gasteiger partial charge in [0.1, 0.15) is 5.82 Å². The molecule has 23 heavy (non-hydrogen) atoms. The quantitative estimate of drug-likeness (QED) is 0.914. The number of nitrogens with one attached hydrogen (secondary N) is 1. The number of hydrogen-bond acceptors (Lipinski definition) is 4. The van der Waals surface area contributed by atoms with Gasteiger partial charge in [-0.1, -0.05) is 18.2 Å². The van der Waals surface area contributed by atoms with Crippen molar-refractivity contribution >= 4 is 17.2 Å². The zero-order valence-corrected chi connectivity index (χ0v) is 13.5. The van der Waals surface area contributed by atoms with Crippen molar-refractivity contribution in [1.29, 1.82) is 0 Å². The smallest absolute Gasteiger partial charge is 0.254 e. The van der Waals surface area contributed by atoms with Crippen LogP contribution in [0.25, 0.3) is 0 Å². The van der Waals surface area contributed by atoms with Crippen LogP contribution in [0.5, 0.6) is 0 Å². The summed E-state index contributed by atoms with van der Waals surface area (Å²) < 4.78 is 19.1. The van der Waals surface area contributed by atoms with E-state index in [-0.39, 0.29) is 17.5 Å². The number of carbonyl (C=O) groups excluding carboxylic acids is 1. The first-order valence-electron chi connectivity index (χ1n) is 7.63. The van der Waals surface area contributed by atoms with E-state index in [0.717, 1.165) is 13.1 Å². The number of hydrogen-bond donors (Lipinski definition) is 1. The summed E-state index contributed by atoms with van der Waals surface area (Å²) in [5, 5.41) is 4.90. The van der Waals surface area contributed by atoms with Gasteiger partial charge < -0.3 is 10.1 Å². The Morgan fingerprint density at radius 1 is 1.26 bits per heavy atom. The Hall–Kier alpha value is -1.76. The second kappa shape index (κ2) is 7.68. The molecular weight excluding hydrogens is 315 g/mol. The molecule has 1 aromatic heterocycles. The summed E-state index contributed by atoms with van der Waals surface area (Å²) in [5.74, 6) is -0.873. The molecule has 2 heterocycles. The number of nitrogens with zero attached hydrogens (tertiary/aromatic N) is 1. The molecule has 1 aromatic carbocycles. The fourth-order valence-electron chi connectivity index (χ4n) is 2.71. The lowest BCUT2D eigenvalue weighted by molar-refractivity contribution is 0.0169. The molecule has 0 bridgehead atoms. The van der Waals surface area contributed by atoms with Gasteiger partial charge in [0, 0.05) is 24.5 Å². The first-order chi connectivity index (χ1) is 11.3. The van der Waals surface area contributed by atoms with Crippen LogP contribution in [0.4, 0.5) is 4.39 Å². The monoisotopic (exact) mass is 334 g/mol. The molecule has 0 radical (unpaired) electrons. The average Bonchev–Trinajstić information content (AvgIpc) is 3.10. The van der Waals surface area contributed by atoms with E-state index in [4.69, 9.17) is 4.74 Å². The highest BCUT2D eigenvalue weighted by Crippen LogP contribution is 2.25. The fourth-order valence-corrected chi connectivity index (χ4v) is 3.57. The predicted octanol–water partition coefficient (Wildman–Crippen LogP) is 2.69. The second-order valence-electron chi connectivity index (χ2n) is 5.37. The van der Waals surface area contributed by atoms with Crippen molar-refractivity contribution in [3.8, 4) is 0 Å². The number of benzene rings is 1. The molecule has 0 spiro atoms. The van der Waals surface area contributed by atoms with Crippen molar-refractivity contribution in [1.82, 2.24) is 10.2 Å². The van der Waals surface area contributed by atoms with E-state index in [1.165, 1.54) is 17.0 Å². The third-order valence-electron chi connectivity index (χ3n) is 3.93. The third kappa shape index (κ3) is 3.96. The molecule has 3 rings (SSSR count). The molecule has 122 valence electrons. The standard InChI is InChI=1S/C17H19FN2O2S/c18-14-5-2-1-4-13(14)17(21)19-12-15(16-6-3-11-23-16)20-7-9-22-10-8-20/h1-6,11,15H,7-10,12H2,(H,19,21)/t15-/m1/s1. The van der Waals surface area contributed by atoms with Crippen molar-refractivity contribution in [2.75, 3.05) is 32.8 Å². The zero-order valence-electron chi connectivity index (χ0n) is 12.7. The first kappa shape index (κ1) is 16.1. The number of amides is 1. The Morgan fingerprint density at radius 2 is 2.04 bits per heavy atom. The van der Waals surface area contributed by atoms with Crippen molar-refractivity contribution in [2.45, 2.75) is 6.04 Å². The Balaban J connectivity index is 1.69. The molecular formula is C17H19FN2O2S. The molecule has 1 N–H and O–H groups in total. The van der Waals surface area contributed by atoms with Gasteiger partial charge in [0.05, 0.1) is 24.8 Å². The van der Waals surface area contributed by atoms with Crippen LogP contribution >= 0.6 is 11.3 Å². The van der Waals surface area contributed by atoms with E-state index < -0.39 is 5.82 Å². The van der Waals surface area contributed by atoms with Gasteiger partial charge in [-0.3, -0.25) is 9.69 Å². The molecule has 0 saturated carbocycles. The van der Waals surface area contributed by atoms with E-state index in [1.54, 1.807) is 23.5 Å². The molecule has 0 aliphatic carbocycles. The molecule has 1 saturated heterocycles. The Morgan fingerprint density at radius 3 is 2.74 bits per heavy atom. The van der Waals surface area contributed by atoms with E-state index in [0.29, 0.717) is 19.8 Å². The summed E-state index contributed by atoms with van der Waals surface area (Å²) in [5.41, 5.74) is 0.0828. The van der Waals surface area contributed by atoms with Crippen LogP contribution in [0.3, 0.4) is 0 Å². The van der Waals surface area contributed by atoms with Crippen molar-refractivity contribution in [2.24, 2.45) is 0 Å². The zero-order chi connectivity index (χ0) is 16.1. The largest absolute Gasteiger partial charge is 0.379 e. The van der Waals surface area contributed by atoms with Gasteiger partial charge in [-0.15, -0.1) is 11.3 Å². The van der Waals surface area contributed by atoms with E-state index in [1.807, 2.05) is 11.4 Å². The lowest BCUT2D eigenvalue weighted by Crippen LogP contribution is -2.43.